The molecule has 1 aliphatic heterocycles. The number of hydrogen-bond donors (Lipinski definition) is 0. The third-order valence-corrected chi connectivity index (χ3v) is 6.00. The first kappa shape index (κ1) is 10.8. The number of ketones is 1. The molecule has 86 valence electrons. The highest BCUT2D eigenvalue weighted by Gasteiger charge is 2.26. The van der Waals surface area contributed by atoms with Gasteiger partial charge in [-0.15, -0.1) is 11.3 Å². The van der Waals surface area contributed by atoms with E-state index in [1.165, 1.54) is 34.9 Å². The molecule has 0 amide bonds. The van der Waals surface area contributed by atoms with E-state index in [-0.39, 0.29) is 5.78 Å². The molecule has 1 fully saturated rings. The first-order valence-corrected chi connectivity index (χ1v) is 7.85. The van der Waals surface area contributed by atoms with Crippen molar-refractivity contribution in [3.05, 3.63) is 15.6 Å². The molecule has 2 aliphatic rings. The van der Waals surface area contributed by atoms with Crippen LogP contribution in [0.1, 0.15) is 57.7 Å². The highest BCUT2D eigenvalue weighted by Crippen LogP contribution is 2.41. The van der Waals surface area contributed by atoms with Crippen molar-refractivity contribution in [2.75, 3.05) is 5.75 Å². The minimum absolute atomic E-state index is 0.268. The van der Waals surface area contributed by atoms with Crippen molar-refractivity contribution in [2.24, 2.45) is 0 Å². The SMILES string of the molecule is O=C1CCCc2sc(C3CCCCS3)nc21. The van der Waals surface area contributed by atoms with Crippen LogP contribution in [0.5, 0.6) is 0 Å². The fourth-order valence-corrected chi connectivity index (χ4v) is 5.03. The van der Waals surface area contributed by atoms with E-state index in [0.29, 0.717) is 11.7 Å². The van der Waals surface area contributed by atoms with Crippen LogP contribution in [0.4, 0.5) is 0 Å². The molecule has 4 heteroatoms. The largest absolute Gasteiger partial charge is 0.292 e. The number of carbonyl (C=O) groups excluding carboxylic acids is 1. The highest BCUT2D eigenvalue weighted by molar-refractivity contribution is 7.99. The average molecular weight is 253 g/mol. The molecule has 1 unspecified atom stereocenters. The Kier molecular flexibility index (Phi) is 3.03. The molecule has 2 heterocycles. The second kappa shape index (κ2) is 4.49. The van der Waals surface area contributed by atoms with E-state index in [4.69, 9.17) is 0 Å². The van der Waals surface area contributed by atoms with E-state index in [1.807, 2.05) is 11.8 Å². The number of aromatic nitrogens is 1. The van der Waals surface area contributed by atoms with E-state index in [2.05, 4.69) is 4.98 Å². The zero-order valence-electron chi connectivity index (χ0n) is 9.20. The summed E-state index contributed by atoms with van der Waals surface area (Å²) in [5, 5.41) is 1.78. The molecule has 1 aromatic rings. The normalized spacial score (nSPS) is 25.5. The number of nitrogens with zero attached hydrogens (tertiary/aromatic N) is 1. The van der Waals surface area contributed by atoms with Crippen molar-refractivity contribution in [2.45, 2.75) is 43.8 Å². The number of Topliss-reactive ketones (excluding diaryl/α,β-unsaturated/α-hetero) is 1. The minimum Gasteiger partial charge on any atom is -0.292 e. The Labute approximate surface area is 104 Å². The number of rotatable bonds is 1. The Morgan fingerprint density at radius 2 is 2.12 bits per heavy atom. The third kappa shape index (κ3) is 1.93. The van der Waals surface area contributed by atoms with E-state index in [9.17, 15) is 4.79 Å². The first-order valence-electron chi connectivity index (χ1n) is 5.99. The number of carbonyl (C=O) groups is 1. The smallest absolute Gasteiger partial charge is 0.182 e. The van der Waals surface area contributed by atoms with Crippen molar-refractivity contribution in [1.82, 2.24) is 4.98 Å². The van der Waals surface area contributed by atoms with Gasteiger partial charge in [0, 0.05) is 11.3 Å². The van der Waals surface area contributed by atoms with E-state index in [1.54, 1.807) is 11.3 Å². The molecule has 1 atom stereocenters. The summed E-state index contributed by atoms with van der Waals surface area (Å²) in [6.07, 6.45) is 6.68. The number of thiazole rings is 1. The molecule has 2 nitrogen and oxygen atoms in total. The lowest BCUT2D eigenvalue weighted by Crippen LogP contribution is -2.09. The molecular formula is C12H15NOS2. The molecule has 0 bridgehead atoms. The molecule has 0 saturated carbocycles. The second-order valence-electron chi connectivity index (χ2n) is 4.46. The van der Waals surface area contributed by atoms with Gasteiger partial charge in [-0.3, -0.25) is 4.79 Å². The summed E-state index contributed by atoms with van der Waals surface area (Å²) in [6.45, 7) is 0. The summed E-state index contributed by atoms with van der Waals surface area (Å²) in [4.78, 5) is 17.6. The van der Waals surface area contributed by atoms with Gasteiger partial charge >= 0.3 is 0 Å². The molecule has 0 N–H and O–H groups in total. The van der Waals surface area contributed by atoms with Crippen LogP contribution in [-0.4, -0.2) is 16.5 Å². The molecule has 3 rings (SSSR count). The summed E-state index contributed by atoms with van der Waals surface area (Å²) in [6, 6.07) is 0. The Bertz CT molecular complexity index is 407. The fourth-order valence-electron chi connectivity index (χ4n) is 2.36. The summed E-state index contributed by atoms with van der Waals surface area (Å²) in [5.41, 5.74) is 0.803. The lowest BCUT2D eigenvalue weighted by atomic mass is 10.0. The first-order chi connectivity index (χ1) is 7.84. The van der Waals surface area contributed by atoms with Crippen LogP contribution in [0.15, 0.2) is 0 Å². The third-order valence-electron chi connectivity index (χ3n) is 3.24. The Hall–Kier alpha value is -0.350. The van der Waals surface area contributed by atoms with Crippen LogP contribution in [0.2, 0.25) is 0 Å². The number of hydrogen-bond acceptors (Lipinski definition) is 4. The fraction of sp³-hybridized carbons (Fsp3) is 0.667. The molecule has 0 aromatic carbocycles. The minimum atomic E-state index is 0.268. The zero-order valence-corrected chi connectivity index (χ0v) is 10.8. The Morgan fingerprint density at radius 3 is 2.88 bits per heavy atom. The van der Waals surface area contributed by atoms with Gasteiger partial charge in [-0.05, 0) is 31.4 Å². The van der Waals surface area contributed by atoms with Gasteiger partial charge in [-0.2, -0.15) is 11.8 Å². The molecule has 0 radical (unpaired) electrons. The van der Waals surface area contributed by atoms with Gasteiger partial charge in [-0.25, -0.2) is 4.98 Å². The van der Waals surface area contributed by atoms with Gasteiger partial charge < -0.3 is 0 Å². The maximum absolute atomic E-state index is 11.7. The van der Waals surface area contributed by atoms with Gasteiger partial charge in [0.05, 0.1) is 5.25 Å². The van der Waals surface area contributed by atoms with Crippen molar-refractivity contribution in [3.63, 3.8) is 0 Å². The van der Waals surface area contributed by atoms with E-state index >= 15 is 0 Å². The predicted molar refractivity (Wildman–Crippen MR) is 68.4 cm³/mol. The van der Waals surface area contributed by atoms with Crippen molar-refractivity contribution < 1.29 is 4.79 Å². The summed E-state index contributed by atoms with van der Waals surface area (Å²) >= 11 is 3.81. The summed E-state index contributed by atoms with van der Waals surface area (Å²) in [7, 11) is 0. The second-order valence-corrected chi connectivity index (χ2v) is 6.88. The quantitative estimate of drug-likeness (QED) is 0.765. The molecule has 0 spiro atoms. The molecule has 1 saturated heterocycles. The predicted octanol–water partition coefficient (Wildman–Crippen LogP) is 3.62. The Morgan fingerprint density at radius 1 is 1.19 bits per heavy atom. The van der Waals surface area contributed by atoms with Crippen molar-refractivity contribution >= 4 is 28.9 Å². The van der Waals surface area contributed by atoms with Gasteiger partial charge in [-0.1, -0.05) is 6.42 Å². The van der Waals surface area contributed by atoms with Crippen molar-refractivity contribution in [3.8, 4) is 0 Å². The maximum Gasteiger partial charge on any atom is 0.182 e. The number of aryl methyl sites for hydroxylation is 1. The van der Waals surface area contributed by atoms with Gasteiger partial charge in [0.25, 0.3) is 0 Å². The molecule has 16 heavy (non-hydrogen) atoms. The van der Waals surface area contributed by atoms with E-state index in [0.717, 1.165) is 18.5 Å². The van der Waals surface area contributed by atoms with Crippen molar-refractivity contribution in [1.29, 1.82) is 0 Å². The maximum atomic E-state index is 11.7. The summed E-state index contributed by atoms with van der Waals surface area (Å²) < 4.78 is 0. The van der Waals surface area contributed by atoms with Gasteiger partial charge in [0.1, 0.15) is 10.7 Å². The van der Waals surface area contributed by atoms with E-state index < -0.39 is 0 Å². The monoisotopic (exact) mass is 253 g/mol. The topological polar surface area (TPSA) is 30.0 Å². The van der Waals surface area contributed by atoms with Gasteiger partial charge in [0.2, 0.25) is 0 Å². The van der Waals surface area contributed by atoms with Crippen LogP contribution in [-0.2, 0) is 6.42 Å². The zero-order chi connectivity index (χ0) is 11.0. The molecule has 1 aliphatic carbocycles. The van der Waals surface area contributed by atoms with Crippen LogP contribution < -0.4 is 0 Å². The summed E-state index contributed by atoms with van der Waals surface area (Å²) in [5.74, 6) is 1.52. The number of thioether (sulfide) groups is 1. The Balaban J connectivity index is 1.88. The number of fused-ring (bicyclic) bond motifs is 1. The highest BCUT2D eigenvalue weighted by atomic mass is 32.2. The van der Waals surface area contributed by atoms with Crippen LogP contribution >= 0.6 is 23.1 Å². The van der Waals surface area contributed by atoms with Gasteiger partial charge in [0.15, 0.2) is 5.78 Å². The lowest BCUT2D eigenvalue weighted by Gasteiger charge is -2.18. The molecule has 1 aromatic heterocycles. The lowest BCUT2D eigenvalue weighted by molar-refractivity contribution is 0.0968. The van der Waals surface area contributed by atoms with Crippen LogP contribution in [0.3, 0.4) is 0 Å². The van der Waals surface area contributed by atoms with Crippen LogP contribution in [0.25, 0.3) is 0 Å². The van der Waals surface area contributed by atoms with Crippen LogP contribution in [0, 0.1) is 0 Å². The molecular weight excluding hydrogens is 238 g/mol. The average Bonchev–Trinajstić information content (AvgIpc) is 2.76. The standard InChI is InChI=1S/C12H15NOS2/c14-8-4-3-6-9-11(8)13-12(16-9)10-5-1-2-7-15-10/h10H,1-7H2.